The van der Waals surface area contributed by atoms with Crippen molar-refractivity contribution in [2.45, 2.75) is 31.1 Å². The number of likely N-dealkylation sites (tertiary alicyclic amines) is 1. The molecule has 2 bridgehead atoms. The zero-order valence-electron chi connectivity index (χ0n) is 16.5. The normalized spacial score (nSPS) is 22.4. The summed E-state index contributed by atoms with van der Waals surface area (Å²) in [5, 5.41) is 3.10. The highest BCUT2D eigenvalue weighted by Crippen LogP contribution is 2.40. The predicted octanol–water partition coefficient (Wildman–Crippen LogP) is 4.00. The van der Waals surface area contributed by atoms with Crippen molar-refractivity contribution >= 4 is 11.7 Å². The first kappa shape index (κ1) is 20.4. The zero-order valence-corrected chi connectivity index (χ0v) is 16.5. The standard InChI is InChI=1S/C21H17F4N5O2/c22-12-1-2-13(19-26-3-4-32-19)14(7-12)20(31)30-10-11-5-15(16(30)6-11)29-18-9-27-17(8-28-18)21(23,24)25/h1-4,7-9,11,15-16H,5-6,10H2,(H,28,29)/t11-,15?,16?/m0/s1. The van der Waals surface area contributed by atoms with Crippen molar-refractivity contribution in [2.24, 2.45) is 5.92 Å². The summed E-state index contributed by atoms with van der Waals surface area (Å²) in [4.78, 5) is 26.3. The minimum Gasteiger partial charge on any atom is -0.445 e. The number of alkyl halides is 3. The van der Waals surface area contributed by atoms with Gasteiger partial charge in [0.2, 0.25) is 5.89 Å². The second-order valence-corrected chi connectivity index (χ2v) is 7.92. The average molecular weight is 447 g/mol. The van der Waals surface area contributed by atoms with E-state index in [2.05, 4.69) is 20.3 Å². The summed E-state index contributed by atoms with van der Waals surface area (Å²) in [6.07, 6.45) is 1.44. The summed E-state index contributed by atoms with van der Waals surface area (Å²) in [5.74, 6) is -0.262. The molecule has 1 amide bonds. The van der Waals surface area contributed by atoms with E-state index in [-0.39, 0.29) is 41.2 Å². The van der Waals surface area contributed by atoms with Gasteiger partial charge in [0.1, 0.15) is 17.9 Å². The number of amides is 1. The Morgan fingerprint density at radius 2 is 2.00 bits per heavy atom. The molecule has 3 aromatic rings. The lowest BCUT2D eigenvalue weighted by molar-refractivity contribution is -0.141. The van der Waals surface area contributed by atoms with Crippen molar-refractivity contribution in [3.8, 4) is 11.5 Å². The smallest absolute Gasteiger partial charge is 0.434 e. The molecule has 2 fully saturated rings. The van der Waals surface area contributed by atoms with Crippen LogP contribution in [0.2, 0.25) is 0 Å². The van der Waals surface area contributed by atoms with Gasteiger partial charge in [0, 0.05) is 12.6 Å². The molecule has 1 aliphatic carbocycles. The minimum atomic E-state index is -4.56. The summed E-state index contributed by atoms with van der Waals surface area (Å²) in [7, 11) is 0. The fraction of sp³-hybridized carbons (Fsp3) is 0.333. The molecule has 3 atom stereocenters. The number of nitrogens with zero attached hydrogens (tertiary/aromatic N) is 4. The van der Waals surface area contributed by atoms with E-state index in [0.29, 0.717) is 18.3 Å². The van der Waals surface area contributed by atoms with Gasteiger partial charge >= 0.3 is 6.18 Å². The molecule has 1 aliphatic heterocycles. The number of hydrogen-bond acceptors (Lipinski definition) is 6. The van der Waals surface area contributed by atoms with Gasteiger partial charge in [-0.1, -0.05) is 0 Å². The minimum absolute atomic E-state index is 0.146. The van der Waals surface area contributed by atoms with E-state index < -0.39 is 17.7 Å². The number of piperidine rings is 1. The van der Waals surface area contributed by atoms with Crippen molar-refractivity contribution < 1.29 is 26.8 Å². The molecule has 1 saturated carbocycles. The molecule has 0 radical (unpaired) electrons. The molecule has 1 saturated heterocycles. The van der Waals surface area contributed by atoms with Crippen LogP contribution >= 0.6 is 0 Å². The van der Waals surface area contributed by atoms with E-state index in [1.807, 2.05) is 0 Å². The molecular formula is C21H17F4N5O2. The third kappa shape index (κ3) is 3.67. The number of fused-ring (bicyclic) bond motifs is 2. The van der Waals surface area contributed by atoms with E-state index in [9.17, 15) is 22.4 Å². The van der Waals surface area contributed by atoms with Crippen LogP contribution in [0.4, 0.5) is 23.4 Å². The summed E-state index contributed by atoms with van der Waals surface area (Å²) < 4.78 is 57.4. The number of halogens is 4. The van der Waals surface area contributed by atoms with E-state index in [1.54, 1.807) is 4.90 Å². The van der Waals surface area contributed by atoms with Crippen molar-refractivity contribution in [2.75, 3.05) is 11.9 Å². The number of hydrogen-bond donors (Lipinski definition) is 1. The fourth-order valence-electron chi connectivity index (χ4n) is 4.54. The lowest BCUT2D eigenvalue weighted by Gasteiger charge is -2.34. The van der Waals surface area contributed by atoms with Gasteiger partial charge in [-0.25, -0.2) is 19.3 Å². The van der Waals surface area contributed by atoms with Crippen molar-refractivity contribution in [3.05, 3.63) is 60.1 Å². The van der Waals surface area contributed by atoms with E-state index in [0.717, 1.165) is 25.1 Å². The predicted molar refractivity (Wildman–Crippen MR) is 104 cm³/mol. The molecule has 2 aliphatic rings. The molecular weight excluding hydrogens is 430 g/mol. The van der Waals surface area contributed by atoms with Gasteiger partial charge in [-0.15, -0.1) is 0 Å². The van der Waals surface area contributed by atoms with E-state index >= 15 is 0 Å². The van der Waals surface area contributed by atoms with Crippen LogP contribution in [-0.4, -0.2) is 44.4 Å². The number of anilines is 1. The summed E-state index contributed by atoms with van der Waals surface area (Å²) in [5.41, 5.74) is -0.534. The van der Waals surface area contributed by atoms with Crippen LogP contribution in [0.15, 0.2) is 47.5 Å². The molecule has 2 aromatic heterocycles. The first-order valence-corrected chi connectivity index (χ1v) is 9.96. The molecule has 3 heterocycles. The molecule has 1 N–H and O–H groups in total. The maximum absolute atomic E-state index is 14.0. The Bertz CT molecular complexity index is 1130. The summed E-state index contributed by atoms with van der Waals surface area (Å²) >= 11 is 0. The van der Waals surface area contributed by atoms with Crippen LogP contribution < -0.4 is 5.32 Å². The van der Waals surface area contributed by atoms with Gasteiger partial charge in [0.05, 0.1) is 35.8 Å². The van der Waals surface area contributed by atoms with E-state index in [4.69, 9.17) is 4.42 Å². The molecule has 32 heavy (non-hydrogen) atoms. The number of nitrogens with one attached hydrogen (secondary N) is 1. The largest absolute Gasteiger partial charge is 0.445 e. The second kappa shape index (κ2) is 7.57. The summed E-state index contributed by atoms with van der Waals surface area (Å²) in [6, 6.07) is 3.44. The van der Waals surface area contributed by atoms with Gasteiger partial charge < -0.3 is 14.6 Å². The van der Waals surface area contributed by atoms with Crippen molar-refractivity contribution in [3.63, 3.8) is 0 Å². The van der Waals surface area contributed by atoms with Crippen molar-refractivity contribution in [1.82, 2.24) is 19.9 Å². The maximum Gasteiger partial charge on any atom is 0.434 e. The van der Waals surface area contributed by atoms with Gasteiger partial charge in [0.15, 0.2) is 5.69 Å². The quantitative estimate of drug-likeness (QED) is 0.609. The molecule has 11 heteroatoms. The topological polar surface area (TPSA) is 84.2 Å². The van der Waals surface area contributed by atoms with Crippen LogP contribution in [0.1, 0.15) is 28.9 Å². The number of benzene rings is 1. The van der Waals surface area contributed by atoms with E-state index in [1.165, 1.54) is 24.6 Å². The molecule has 5 rings (SSSR count). The number of oxazole rings is 1. The zero-order chi connectivity index (χ0) is 22.5. The Labute approximate surface area is 179 Å². The van der Waals surface area contributed by atoms with Crippen LogP contribution in [0.25, 0.3) is 11.5 Å². The first-order valence-electron chi connectivity index (χ1n) is 9.96. The third-order valence-corrected chi connectivity index (χ3v) is 5.89. The van der Waals surface area contributed by atoms with Crippen LogP contribution in [0.5, 0.6) is 0 Å². The number of rotatable bonds is 4. The Morgan fingerprint density at radius 1 is 1.16 bits per heavy atom. The highest BCUT2D eigenvalue weighted by atomic mass is 19.4. The highest BCUT2D eigenvalue weighted by Gasteiger charge is 2.47. The first-order chi connectivity index (χ1) is 15.3. The lowest BCUT2D eigenvalue weighted by atomic mass is 10.0. The van der Waals surface area contributed by atoms with Crippen LogP contribution in [0, 0.1) is 11.7 Å². The fourth-order valence-corrected chi connectivity index (χ4v) is 4.54. The number of carbonyl (C=O) groups is 1. The lowest BCUT2D eigenvalue weighted by Crippen LogP contribution is -2.48. The van der Waals surface area contributed by atoms with Gasteiger partial charge in [-0.05, 0) is 37.0 Å². The van der Waals surface area contributed by atoms with Gasteiger partial charge in [-0.3, -0.25) is 4.79 Å². The molecule has 0 spiro atoms. The third-order valence-electron chi connectivity index (χ3n) is 5.89. The molecule has 1 aromatic carbocycles. The molecule has 7 nitrogen and oxygen atoms in total. The SMILES string of the molecule is O=C(c1cc(F)ccc1-c1ncco1)N1C[C@H]2CC(Nc3cnc(C(F)(F)F)cn3)C1C2. The Hall–Kier alpha value is -3.50. The molecule has 166 valence electrons. The second-order valence-electron chi connectivity index (χ2n) is 7.92. The highest BCUT2D eigenvalue weighted by molar-refractivity contribution is 6.00. The number of carbonyl (C=O) groups excluding carboxylic acids is 1. The Balaban J connectivity index is 1.37. The Morgan fingerprint density at radius 3 is 2.66 bits per heavy atom. The number of aromatic nitrogens is 3. The van der Waals surface area contributed by atoms with Gasteiger partial charge in [0.25, 0.3) is 5.91 Å². The monoisotopic (exact) mass is 447 g/mol. The maximum atomic E-state index is 14.0. The molecule has 2 unspecified atom stereocenters. The Kier molecular flexibility index (Phi) is 4.83. The average Bonchev–Trinajstić information content (AvgIpc) is 3.50. The summed E-state index contributed by atoms with van der Waals surface area (Å²) in [6.45, 7) is 0.516. The van der Waals surface area contributed by atoms with Gasteiger partial charge in [-0.2, -0.15) is 13.2 Å². The van der Waals surface area contributed by atoms with Crippen LogP contribution in [0.3, 0.4) is 0 Å². The van der Waals surface area contributed by atoms with Crippen LogP contribution in [-0.2, 0) is 6.18 Å². The van der Waals surface area contributed by atoms with Crippen molar-refractivity contribution in [1.29, 1.82) is 0 Å².